The van der Waals surface area contributed by atoms with E-state index in [4.69, 9.17) is 10.2 Å². The lowest BCUT2D eigenvalue weighted by molar-refractivity contribution is 0.517. The molecule has 2 N–H and O–H groups in total. The number of aromatic nitrogens is 1. The van der Waals surface area contributed by atoms with Gasteiger partial charge in [-0.1, -0.05) is 6.92 Å². The standard InChI is InChI=1S/C11H12N2OS/c1-6-4-7(6)9-2-3-10(14-9)8-5-15-11(12)13-8/h2-3,5-7H,4H2,1H3,(H2,12,13). The van der Waals surface area contributed by atoms with Crippen molar-refractivity contribution in [3.8, 4) is 11.5 Å². The Morgan fingerprint density at radius 3 is 2.93 bits per heavy atom. The summed E-state index contributed by atoms with van der Waals surface area (Å²) in [5, 5.41) is 2.51. The highest BCUT2D eigenvalue weighted by molar-refractivity contribution is 7.13. The van der Waals surface area contributed by atoms with Gasteiger partial charge in [0.1, 0.15) is 11.5 Å². The fourth-order valence-electron chi connectivity index (χ4n) is 1.81. The highest BCUT2D eigenvalue weighted by Crippen LogP contribution is 2.48. The van der Waals surface area contributed by atoms with E-state index in [1.54, 1.807) is 0 Å². The maximum absolute atomic E-state index is 5.77. The number of nitrogens with zero attached hydrogens (tertiary/aromatic N) is 1. The predicted molar refractivity (Wildman–Crippen MR) is 60.8 cm³/mol. The average Bonchev–Trinajstić information content (AvgIpc) is 2.71. The zero-order valence-electron chi connectivity index (χ0n) is 8.43. The molecule has 2 unspecified atom stereocenters. The monoisotopic (exact) mass is 220 g/mol. The van der Waals surface area contributed by atoms with Crippen LogP contribution in [0.1, 0.15) is 25.0 Å². The number of hydrogen-bond acceptors (Lipinski definition) is 4. The van der Waals surface area contributed by atoms with Gasteiger partial charge in [0, 0.05) is 11.3 Å². The van der Waals surface area contributed by atoms with E-state index in [-0.39, 0.29) is 0 Å². The number of nitrogen functional groups attached to an aromatic ring is 1. The van der Waals surface area contributed by atoms with Crippen molar-refractivity contribution in [2.75, 3.05) is 5.73 Å². The molecule has 0 aliphatic heterocycles. The third kappa shape index (κ3) is 1.55. The highest BCUT2D eigenvalue weighted by atomic mass is 32.1. The zero-order valence-corrected chi connectivity index (χ0v) is 9.25. The van der Waals surface area contributed by atoms with Gasteiger partial charge in [-0.3, -0.25) is 0 Å². The van der Waals surface area contributed by atoms with Crippen LogP contribution in [0.5, 0.6) is 0 Å². The van der Waals surface area contributed by atoms with Crippen LogP contribution in [0.15, 0.2) is 21.9 Å². The first-order valence-corrected chi connectivity index (χ1v) is 5.93. The molecule has 3 rings (SSSR count). The van der Waals surface area contributed by atoms with Gasteiger partial charge in [0.05, 0.1) is 0 Å². The lowest BCUT2D eigenvalue weighted by Gasteiger charge is -1.91. The topological polar surface area (TPSA) is 52.0 Å². The summed E-state index contributed by atoms with van der Waals surface area (Å²) in [5.41, 5.74) is 6.43. The summed E-state index contributed by atoms with van der Waals surface area (Å²) in [6.45, 7) is 2.24. The van der Waals surface area contributed by atoms with Gasteiger partial charge in [0.2, 0.25) is 0 Å². The van der Waals surface area contributed by atoms with Crippen molar-refractivity contribution < 1.29 is 4.42 Å². The van der Waals surface area contributed by atoms with E-state index in [1.165, 1.54) is 17.8 Å². The van der Waals surface area contributed by atoms with Crippen molar-refractivity contribution in [2.45, 2.75) is 19.3 Å². The summed E-state index contributed by atoms with van der Waals surface area (Å²) in [6, 6.07) is 4.04. The summed E-state index contributed by atoms with van der Waals surface area (Å²) < 4.78 is 5.77. The molecule has 0 saturated heterocycles. The van der Waals surface area contributed by atoms with Gasteiger partial charge in [0.25, 0.3) is 0 Å². The average molecular weight is 220 g/mol. The first-order chi connectivity index (χ1) is 7.24. The van der Waals surface area contributed by atoms with Gasteiger partial charge in [0.15, 0.2) is 10.9 Å². The minimum Gasteiger partial charge on any atom is -0.459 e. The molecule has 0 radical (unpaired) electrons. The van der Waals surface area contributed by atoms with Gasteiger partial charge in [-0.15, -0.1) is 11.3 Å². The number of furan rings is 1. The number of nitrogens with two attached hydrogens (primary N) is 1. The molecular formula is C11H12N2OS. The molecular weight excluding hydrogens is 208 g/mol. The van der Waals surface area contributed by atoms with Gasteiger partial charge in [-0.2, -0.15) is 0 Å². The summed E-state index contributed by atoms with van der Waals surface area (Å²) in [5.74, 6) is 3.31. The number of anilines is 1. The molecule has 1 aliphatic carbocycles. The smallest absolute Gasteiger partial charge is 0.180 e. The Morgan fingerprint density at radius 1 is 1.53 bits per heavy atom. The Bertz CT molecular complexity index is 488. The Hall–Kier alpha value is -1.29. The predicted octanol–water partition coefficient (Wildman–Crippen LogP) is 3.11. The van der Waals surface area contributed by atoms with Crippen molar-refractivity contribution in [1.29, 1.82) is 0 Å². The lowest BCUT2D eigenvalue weighted by atomic mass is 10.3. The number of rotatable bonds is 2. The largest absolute Gasteiger partial charge is 0.459 e. The maximum Gasteiger partial charge on any atom is 0.180 e. The summed E-state index contributed by atoms with van der Waals surface area (Å²) >= 11 is 1.44. The second-order valence-electron chi connectivity index (χ2n) is 4.09. The van der Waals surface area contributed by atoms with E-state index in [9.17, 15) is 0 Å². The van der Waals surface area contributed by atoms with Gasteiger partial charge in [-0.05, 0) is 24.5 Å². The van der Waals surface area contributed by atoms with Crippen LogP contribution in [-0.2, 0) is 0 Å². The van der Waals surface area contributed by atoms with Crippen LogP contribution in [-0.4, -0.2) is 4.98 Å². The molecule has 1 saturated carbocycles. The van der Waals surface area contributed by atoms with E-state index < -0.39 is 0 Å². The van der Waals surface area contributed by atoms with Crippen molar-refractivity contribution >= 4 is 16.5 Å². The van der Waals surface area contributed by atoms with Crippen molar-refractivity contribution in [2.24, 2.45) is 5.92 Å². The second-order valence-corrected chi connectivity index (χ2v) is 4.98. The summed E-state index contributed by atoms with van der Waals surface area (Å²) in [4.78, 5) is 4.20. The summed E-state index contributed by atoms with van der Waals surface area (Å²) in [7, 11) is 0. The van der Waals surface area contributed by atoms with Crippen molar-refractivity contribution in [3.05, 3.63) is 23.3 Å². The molecule has 2 aromatic heterocycles. The van der Waals surface area contributed by atoms with Crippen molar-refractivity contribution in [1.82, 2.24) is 4.98 Å². The molecule has 15 heavy (non-hydrogen) atoms. The van der Waals surface area contributed by atoms with E-state index >= 15 is 0 Å². The molecule has 2 heterocycles. The minimum absolute atomic E-state index is 0.586. The summed E-state index contributed by atoms with van der Waals surface area (Å²) in [6.07, 6.45) is 1.24. The second kappa shape index (κ2) is 3.10. The molecule has 0 spiro atoms. The maximum atomic E-state index is 5.77. The lowest BCUT2D eigenvalue weighted by Crippen LogP contribution is -1.81. The van der Waals surface area contributed by atoms with Crippen LogP contribution in [0, 0.1) is 5.92 Å². The third-order valence-corrected chi connectivity index (χ3v) is 3.55. The molecule has 3 nitrogen and oxygen atoms in total. The highest BCUT2D eigenvalue weighted by Gasteiger charge is 2.36. The molecule has 0 bridgehead atoms. The van der Waals surface area contributed by atoms with Crippen LogP contribution in [0.4, 0.5) is 5.13 Å². The van der Waals surface area contributed by atoms with E-state index in [2.05, 4.69) is 18.0 Å². The van der Waals surface area contributed by atoms with Crippen LogP contribution < -0.4 is 5.73 Å². The molecule has 1 fully saturated rings. The molecule has 1 aliphatic rings. The van der Waals surface area contributed by atoms with Gasteiger partial charge >= 0.3 is 0 Å². The van der Waals surface area contributed by atoms with E-state index in [1.807, 2.05) is 11.4 Å². The third-order valence-electron chi connectivity index (χ3n) is 2.88. The Labute approximate surface area is 91.9 Å². The zero-order chi connectivity index (χ0) is 10.4. The Balaban J connectivity index is 1.90. The molecule has 4 heteroatoms. The fourth-order valence-corrected chi connectivity index (χ4v) is 2.36. The molecule has 2 atom stereocenters. The normalized spacial score (nSPS) is 24.3. The van der Waals surface area contributed by atoms with E-state index in [0.717, 1.165) is 23.1 Å². The van der Waals surface area contributed by atoms with Crippen LogP contribution in [0.3, 0.4) is 0 Å². The number of thiazole rings is 1. The quantitative estimate of drug-likeness (QED) is 0.846. The fraction of sp³-hybridized carbons (Fsp3) is 0.364. The van der Waals surface area contributed by atoms with Crippen molar-refractivity contribution in [3.63, 3.8) is 0 Å². The minimum atomic E-state index is 0.586. The molecule has 2 aromatic rings. The SMILES string of the molecule is CC1CC1c1ccc(-c2csc(N)n2)o1. The van der Waals surface area contributed by atoms with Gasteiger partial charge < -0.3 is 10.2 Å². The van der Waals surface area contributed by atoms with E-state index in [0.29, 0.717) is 11.0 Å². The van der Waals surface area contributed by atoms with Crippen LogP contribution in [0.2, 0.25) is 0 Å². The Morgan fingerprint density at radius 2 is 2.33 bits per heavy atom. The molecule has 0 amide bonds. The first kappa shape index (κ1) is 8.97. The Kier molecular flexibility index (Phi) is 1.85. The first-order valence-electron chi connectivity index (χ1n) is 5.05. The molecule has 78 valence electrons. The molecule has 0 aromatic carbocycles. The van der Waals surface area contributed by atoms with Gasteiger partial charge in [-0.25, -0.2) is 4.98 Å². The number of hydrogen-bond donors (Lipinski definition) is 1. The van der Waals surface area contributed by atoms with Crippen LogP contribution >= 0.6 is 11.3 Å². The van der Waals surface area contributed by atoms with Crippen LogP contribution in [0.25, 0.3) is 11.5 Å².